The topological polar surface area (TPSA) is 64.7 Å². The molecule has 1 saturated heterocycles. The van der Waals surface area contributed by atoms with Crippen molar-refractivity contribution in [3.05, 3.63) is 66.2 Å². The summed E-state index contributed by atoms with van der Waals surface area (Å²) in [5, 5.41) is 5.62. The molecular formula is C23H30N4O2. The van der Waals surface area contributed by atoms with E-state index in [1.165, 1.54) is 5.69 Å². The van der Waals surface area contributed by atoms with Crippen LogP contribution in [-0.4, -0.2) is 62.0 Å². The van der Waals surface area contributed by atoms with Gasteiger partial charge in [0.1, 0.15) is 0 Å². The first-order valence-electron chi connectivity index (χ1n) is 10.2. The van der Waals surface area contributed by atoms with Gasteiger partial charge in [0, 0.05) is 44.5 Å². The van der Waals surface area contributed by atoms with E-state index in [4.69, 9.17) is 0 Å². The molecule has 1 unspecified atom stereocenters. The van der Waals surface area contributed by atoms with Gasteiger partial charge in [-0.05, 0) is 24.6 Å². The predicted molar refractivity (Wildman–Crippen MR) is 116 cm³/mol. The lowest BCUT2D eigenvalue weighted by Gasteiger charge is -2.39. The summed E-state index contributed by atoms with van der Waals surface area (Å²) >= 11 is 0. The van der Waals surface area contributed by atoms with Crippen LogP contribution in [0.15, 0.2) is 60.7 Å². The van der Waals surface area contributed by atoms with Gasteiger partial charge in [-0.2, -0.15) is 0 Å². The van der Waals surface area contributed by atoms with Crippen LogP contribution >= 0.6 is 0 Å². The SMILES string of the molecule is CC(CNC(=O)CNC(=O)Cc1ccccc1)N1CCN(c2ccccc2)CC1. The fourth-order valence-electron chi connectivity index (χ4n) is 3.54. The summed E-state index contributed by atoms with van der Waals surface area (Å²) in [7, 11) is 0. The molecule has 1 aliphatic rings. The van der Waals surface area contributed by atoms with Gasteiger partial charge in [-0.1, -0.05) is 48.5 Å². The first kappa shape index (κ1) is 20.9. The van der Waals surface area contributed by atoms with Crippen molar-refractivity contribution in [3.8, 4) is 0 Å². The molecule has 2 aromatic carbocycles. The molecule has 0 spiro atoms. The number of piperazine rings is 1. The molecule has 6 nitrogen and oxygen atoms in total. The van der Waals surface area contributed by atoms with Crippen LogP contribution in [0.1, 0.15) is 12.5 Å². The number of hydrogen-bond donors (Lipinski definition) is 2. The maximum absolute atomic E-state index is 12.1. The molecule has 2 aromatic rings. The van der Waals surface area contributed by atoms with E-state index in [9.17, 15) is 9.59 Å². The van der Waals surface area contributed by atoms with E-state index >= 15 is 0 Å². The van der Waals surface area contributed by atoms with Crippen LogP contribution in [0.4, 0.5) is 5.69 Å². The predicted octanol–water partition coefficient (Wildman–Crippen LogP) is 1.67. The highest BCUT2D eigenvalue weighted by atomic mass is 16.2. The smallest absolute Gasteiger partial charge is 0.239 e. The number of anilines is 1. The summed E-state index contributed by atoms with van der Waals surface area (Å²) in [6.45, 7) is 6.64. The largest absolute Gasteiger partial charge is 0.369 e. The van der Waals surface area contributed by atoms with Gasteiger partial charge in [0.05, 0.1) is 13.0 Å². The average molecular weight is 395 g/mol. The van der Waals surface area contributed by atoms with Gasteiger partial charge in [-0.3, -0.25) is 14.5 Å². The van der Waals surface area contributed by atoms with Gasteiger partial charge >= 0.3 is 0 Å². The molecule has 0 aromatic heterocycles. The lowest BCUT2D eigenvalue weighted by molar-refractivity contribution is -0.125. The molecule has 154 valence electrons. The molecule has 3 rings (SSSR count). The highest BCUT2D eigenvalue weighted by Gasteiger charge is 2.21. The number of carbonyl (C=O) groups is 2. The Morgan fingerprint density at radius 3 is 2.14 bits per heavy atom. The fourth-order valence-corrected chi connectivity index (χ4v) is 3.54. The van der Waals surface area contributed by atoms with E-state index in [2.05, 4.69) is 51.6 Å². The second-order valence-electron chi connectivity index (χ2n) is 7.45. The molecule has 2 N–H and O–H groups in total. The Labute approximate surface area is 172 Å². The molecule has 0 aliphatic carbocycles. The van der Waals surface area contributed by atoms with Crippen molar-refractivity contribution in [3.63, 3.8) is 0 Å². The highest BCUT2D eigenvalue weighted by molar-refractivity contribution is 5.85. The molecule has 6 heteroatoms. The zero-order valence-corrected chi connectivity index (χ0v) is 17.0. The number of carbonyl (C=O) groups excluding carboxylic acids is 2. The minimum absolute atomic E-state index is 0.0141. The number of rotatable bonds is 8. The number of nitrogens with zero attached hydrogens (tertiary/aromatic N) is 2. The van der Waals surface area contributed by atoms with Crippen LogP contribution in [0.3, 0.4) is 0 Å². The van der Waals surface area contributed by atoms with E-state index in [0.29, 0.717) is 6.54 Å². The Bertz CT molecular complexity index is 774. The summed E-state index contributed by atoms with van der Waals surface area (Å²) in [5.74, 6) is -0.294. The minimum atomic E-state index is -0.152. The standard InChI is InChI=1S/C23H30N4O2/c1-19(26-12-14-27(15-13-26)21-10-6-3-7-11-21)17-24-23(29)18-25-22(28)16-20-8-4-2-5-9-20/h2-11,19H,12-18H2,1H3,(H,24,29)(H,25,28). The van der Waals surface area contributed by atoms with Gasteiger partial charge in [0.25, 0.3) is 0 Å². The van der Waals surface area contributed by atoms with Crippen molar-refractivity contribution in [2.75, 3.05) is 44.2 Å². The quantitative estimate of drug-likeness (QED) is 0.715. The molecular weight excluding hydrogens is 364 g/mol. The Hall–Kier alpha value is -2.86. The van der Waals surface area contributed by atoms with Crippen molar-refractivity contribution >= 4 is 17.5 Å². The van der Waals surface area contributed by atoms with Crippen molar-refractivity contribution in [2.45, 2.75) is 19.4 Å². The molecule has 1 aliphatic heterocycles. The van der Waals surface area contributed by atoms with E-state index in [0.717, 1.165) is 31.7 Å². The van der Waals surface area contributed by atoms with Crippen LogP contribution < -0.4 is 15.5 Å². The maximum Gasteiger partial charge on any atom is 0.239 e. The Kier molecular flexibility index (Phi) is 7.64. The number of nitrogens with one attached hydrogen (secondary N) is 2. The minimum Gasteiger partial charge on any atom is -0.369 e. The van der Waals surface area contributed by atoms with Gasteiger partial charge in [-0.25, -0.2) is 0 Å². The lowest BCUT2D eigenvalue weighted by atomic mass is 10.1. The molecule has 1 fully saturated rings. The van der Waals surface area contributed by atoms with E-state index in [-0.39, 0.29) is 30.8 Å². The molecule has 0 bridgehead atoms. The first-order chi connectivity index (χ1) is 14.1. The zero-order valence-electron chi connectivity index (χ0n) is 17.0. The zero-order chi connectivity index (χ0) is 20.5. The third-order valence-electron chi connectivity index (χ3n) is 5.31. The van der Waals surface area contributed by atoms with E-state index in [1.807, 2.05) is 36.4 Å². The Morgan fingerprint density at radius 2 is 1.48 bits per heavy atom. The van der Waals surface area contributed by atoms with Crippen LogP contribution in [-0.2, 0) is 16.0 Å². The van der Waals surface area contributed by atoms with Crippen LogP contribution in [0.5, 0.6) is 0 Å². The monoisotopic (exact) mass is 394 g/mol. The molecule has 29 heavy (non-hydrogen) atoms. The van der Waals surface area contributed by atoms with Crippen molar-refractivity contribution in [1.29, 1.82) is 0 Å². The summed E-state index contributed by atoms with van der Waals surface area (Å²) in [4.78, 5) is 28.8. The molecule has 2 amide bonds. The summed E-state index contributed by atoms with van der Waals surface area (Å²) in [5.41, 5.74) is 2.20. The molecule has 1 atom stereocenters. The van der Waals surface area contributed by atoms with E-state index < -0.39 is 0 Å². The third-order valence-corrected chi connectivity index (χ3v) is 5.31. The summed E-state index contributed by atoms with van der Waals surface area (Å²) in [6, 6.07) is 20.2. The van der Waals surface area contributed by atoms with Crippen molar-refractivity contribution in [2.24, 2.45) is 0 Å². The van der Waals surface area contributed by atoms with Crippen LogP contribution in [0, 0.1) is 0 Å². The molecule has 0 radical (unpaired) electrons. The molecule has 1 heterocycles. The average Bonchev–Trinajstić information content (AvgIpc) is 2.77. The summed E-state index contributed by atoms with van der Waals surface area (Å²) in [6.07, 6.45) is 0.288. The highest BCUT2D eigenvalue weighted by Crippen LogP contribution is 2.16. The van der Waals surface area contributed by atoms with Crippen molar-refractivity contribution < 1.29 is 9.59 Å². The Balaban J connectivity index is 1.32. The maximum atomic E-state index is 12.1. The summed E-state index contributed by atoms with van der Waals surface area (Å²) < 4.78 is 0. The van der Waals surface area contributed by atoms with E-state index in [1.54, 1.807) is 0 Å². The van der Waals surface area contributed by atoms with Crippen LogP contribution in [0.2, 0.25) is 0 Å². The number of para-hydroxylation sites is 1. The molecule has 0 saturated carbocycles. The number of hydrogen-bond acceptors (Lipinski definition) is 4. The second-order valence-corrected chi connectivity index (χ2v) is 7.45. The van der Waals surface area contributed by atoms with Crippen LogP contribution in [0.25, 0.3) is 0 Å². The van der Waals surface area contributed by atoms with Gasteiger partial charge < -0.3 is 15.5 Å². The fraction of sp³-hybridized carbons (Fsp3) is 0.391. The van der Waals surface area contributed by atoms with Gasteiger partial charge in [-0.15, -0.1) is 0 Å². The van der Waals surface area contributed by atoms with Crippen molar-refractivity contribution in [1.82, 2.24) is 15.5 Å². The van der Waals surface area contributed by atoms with Gasteiger partial charge in [0.15, 0.2) is 0 Å². The first-order valence-corrected chi connectivity index (χ1v) is 10.2. The Morgan fingerprint density at radius 1 is 0.862 bits per heavy atom. The third kappa shape index (κ3) is 6.61. The number of amides is 2. The normalized spacial score (nSPS) is 15.6. The lowest BCUT2D eigenvalue weighted by Crippen LogP contribution is -2.53. The van der Waals surface area contributed by atoms with Gasteiger partial charge in [0.2, 0.25) is 11.8 Å². The number of benzene rings is 2. The second kappa shape index (κ2) is 10.6.